The van der Waals surface area contributed by atoms with Crippen LogP contribution in [-0.4, -0.2) is 36.1 Å². The third-order valence-electron chi connectivity index (χ3n) is 2.53. The van der Waals surface area contributed by atoms with E-state index in [2.05, 4.69) is 10.6 Å². The molecular formula is C12H18N2O3S. The van der Waals surface area contributed by atoms with E-state index in [-0.39, 0.29) is 31.0 Å². The summed E-state index contributed by atoms with van der Waals surface area (Å²) < 4.78 is 0. The van der Waals surface area contributed by atoms with E-state index in [4.69, 9.17) is 5.11 Å². The smallest absolute Gasteiger partial charge is 0.252 e. The minimum atomic E-state index is -0.249. The molecule has 1 unspecified atom stereocenters. The van der Waals surface area contributed by atoms with Crippen LogP contribution in [0, 0.1) is 0 Å². The van der Waals surface area contributed by atoms with E-state index in [1.807, 2.05) is 12.3 Å². The van der Waals surface area contributed by atoms with Crippen molar-refractivity contribution in [3.05, 3.63) is 22.4 Å². The molecular weight excluding hydrogens is 252 g/mol. The lowest BCUT2D eigenvalue weighted by Crippen LogP contribution is -2.42. The number of carbonyl (C=O) groups excluding carboxylic acids is 2. The minimum absolute atomic E-state index is 0.0412. The van der Waals surface area contributed by atoms with Gasteiger partial charge >= 0.3 is 0 Å². The number of aliphatic hydroxyl groups excluding tert-OH is 1. The van der Waals surface area contributed by atoms with Crippen molar-refractivity contribution in [2.24, 2.45) is 0 Å². The Labute approximate surface area is 110 Å². The van der Waals surface area contributed by atoms with Crippen LogP contribution in [-0.2, 0) is 4.79 Å². The van der Waals surface area contributed by atoms with Crippen molar-refractivity contribution < 1.29 is 14.7 Å². The summed E-state index contributed by atoms with van der Waals surface area (Å²) in [5.41, 5.74) is 0.565. The summed E-state index contributed by atoms with van der Waals surface area (Å²) >= 11 is 1.43. The van der Waals surface area contributed by atoms with Gasteiger partial charge in [0.15, 0.2) is 0 Å². The minimum Gasteiger partial charge on any atom is -0.396 e. The molecule has 0 saturated carbocycles. The van der Waals surface area contributed by atoms with E-state index in [0.29, 0.717) is 12.0 Å². The van der Waals surface area contributed by atoms with Crippen LogP contribution in [0.2, 0.25) is 0 Å². The number of hydrogen-bond acceptors (Lipinski definition) is 4. The van der Waals surface area contributed by atoms with Gasteiger partial charge in [0, 0.05) is 23.6 Å². The maximum absolute atomic E-state index is 11.6. The lowest BCUT2D eigenvalue weighted by atomic mass is 10.1. The van der Waals surface area contributed by atoms with Gasteiger partial charge in [-0.1, -0.05) is 6.92 Å². The van der Waals surface area contributed by atoms with Crippen LogP contribution in [0.1, 0.15) is 30.1 Å². The molecule has 100 valence electrons. The summed E-state index contributed by atoms with van der Waals surface area (Å²) in [7, 11) is 0. The quantitative estimate of drug-likeness (QED) is 0.684. The first-order valence-electron chi connectivity index (χ1n) is 5.88. The SMILES string of the molecule is CCC(CCO)NC(=O)CNC(=O)c1ccsc1. The summed E-state index contributed by atoms with van der Waals surface area (Å²) in [5, 5.41) is 17.6. The predicted octanol–water partition coefficient (Wildman–Crippen LogP) is 0.755. The van der Waals surface area contributed by atoms with Crippen LogP contribution < -0.4 is 10.6 Å². The predicted molar refractivity (Wildman–Crippen MR) is 70.6 cm³/mol. The first-order chi connectivity index (χ1) is 8.67. The van der Waals surface area contributed by atoms with Crippen molar-refractivity contribution in [2.45, 2.75) is 25.8 Å². The third kappa shape index (κ3) is 4.85. The number of aliphatic hydroxyl groups is 1. The zero-order valence-electron chi connectivity index (χ0n) is 10.3. The van der Waals surface area contributed by atoms with Crippen LogP contribution in [0.5, 0.6) is 0 Å². The summed E-state index contributed by atoms with van der Waals surface area (Å²) in [6.07, 6.45) is 1.28. The van der Waals surface area contributed by atoms with Crippen LogP contribution in [0.15, 0.2) is 16.8 Å². The highest BCUT2D eigenvalue weighted by molar-refractivity contribution is 7.08. The summed E-state index contributed by atoms with van der Waals surface area (Å²) in [6, 6.07) is 1.67. The van der Waals surface area contributed by atoms with E-state index in [9.17, 15) is 9.59 Å². The number of rotatable bonds is 7. The van der Waals surface area contributed by atoms with Gasteiger partial charge in [0.2, 0.25) is 5.91 Å². The highest BCUT2D eigenvalue weighted by Crippen LogP contribution is 2.04. The molecule has 2 amide bonds. The van der Waals surface area contributed by atoms with Crippen molar-refractivity contribution in [3.63, 3.8) is 0 Å². The van der Waals surface area contributed by atoms with E-state index in [0.717, 1.165) is 6.42 Å². The van der Waals surface area contributed by atoms with Gasteiger partial charge in [-0.05, 0) is 24.3 Å². The van der Waals surface area contributed by atoms with Crippen LogP contribution in [0.4, 0.5) is 0 Å². The van der Waals surface area contributed by atoms with Gasteiger partial charge in [-0.15, -0.1) is 0 Å². The highest BCUT2D eigenvalue weighted by atomic mass is 32.1. The largest absolute Gasteiger partial charge is 0.396 e. The first-order valence-corrected chi connectivity index (χ1v) is 6.82. The fourth-order valence-corrected chi connectivity index (χ4v) is 2.11. The molecule has 1 aromatic rings. The number of carbonyl (C=O) groups is 2. The van der Waals surface area contributed by atoms with Gasteiger partial charge in [-0.25, -0.2) is 0 Å². The van der Waals surface area contributed by atoms with Gasteiger partial charge in [-0.3, -0.25) is 9.59 Å². The Hall–Kier alpha value is -1.40. The third-order valence-corrected chi connectivity index (χ3v) is 3.21. The van der Waals surface area contributed by atoms with Crippen molar-refractivity contribution in [1.82, 2.24) is 10.6 Å². The van der Waals surface area contributed by atoms with Gasteiger partial charge in [0.05, 0.1) is 6.54 Å². The van der Waals surface area contributed by atoms with Crippen LogP contribution in [0.25, 0.3) is 0 Å². The maximum atomic E-state index is 11.6. The van der Waals surface area contributed by atoms with Gasteiger partial charge in [-0.2, -0.15) is 11.3 Å². The lowest BCUT2D eigenvalue weighted by Gasteiger charge is -2.15. The summed E-state index contributed by atoms with van der Waals surface area (Å²) in [6.45, 7) is 1.93. The second-order valence-corrected chi connectivity index (χ2v) is 4.66. The molecule has 0 spiro atoms. The molecule has 0 fully saturated rings. The topological polar surface area (TPSA) is 78.4 Å². The van der Waals surface area contributed by atoms with Gasteiger partial charge < -0.3 is 15.7 Å². The number of amides is 2. The molecule has 1 heterocycles. The van der Waals surface area contributed by atoms with Crippen molar-refractivity contribution in [3.8, 4) is 0 Å². The van der Waals surface area contributed by atoms with Crippen molar-refractivity contribution in [1.29, 1.82) is 0 Å². The van der Waals surface area contributed by atoms with Gasteiger partial charge in [0.1, 0.15) is 0 Å². The van der Waals surface area contributed by atoms with E-state index < -0.39 is 0 Å². The molecule has 1 aromatic heterocycles. The molecule has 5 nitrogen and oxygen atoms in total. The van der Waals surface area contributed by atoms with E-state index >= 15 is 0 Å². The summed E-state index contributed by atoms with van der Waals surface area (Å²) in [5.74, 6) is -0.486. The van der Waals surface area contributed by atoms with E-state index in [1.165, 1.54) is 11.3 Å². The fourth-order valence-electron chi connectivity index (χ4n) is 1.47. The molecule has 1 rings (SSSR count). The zero-order chi connectivity index (χ0) is 13.4. The number of thiophene rings is 1. The number of hydrogen-bond donors (Lipinski definition) is 3. The average Bonchev–Trinajstić information content (AvgIpc) is 2.89. The Morgan fingerprint density at radius 2 is 2.28 bits per heavy atom. The zero-order valence-corrected chi connectivity index (χ0v) is 11.1. The standard InChI is InChI=1S/C12H18N2O3S/c1-2-10(3-5-15)14-11(16)7-13-12(17)9-4-6-18-8-9/h4,6,8,10,15H,2-3,5,7H2,1H3,(H,13,17)(H,14,16). The Morgan fingerprint density at radius 1 is 1.50 bits per heavy atom. The molecule has 0 saturated heterocycles. The van der Waals surface area contributed by atoms with E-state index in [1.54, 1.807) is 11.4 Å². The molecule has 0 aliphatic carbocycles. The number of nitrogens with one attached hydrogen (secondary N) is 2. The molecule has 18 heavy (non-hydrogen) atoms. The monoisotopic (exact) mass is 270 g/mol. The molecule has 0 aromatic carbocycles. The van der Waals surface area contributed by atoms with Crippen LogP contribution in [0.3, 0.4) is 0 Å². The highest BCUT2D eigenvalue weighted by Gasteiger charge is 2.11. The average molecular weight is 270 g/mol. The van der Waals surface area contributed by atoms with Crippen molar-refractivity contribution in [2.75, 3.05) is 13.2 Å². The Morgan fingerprint density at radius 3 is 2.83 bits per heavy atom. The Balaban J connectivity index is 2.30. The second-order valence-electron chi connectivity index (χ2n) is 3.88. The van der Waals surface area contributed by atoms with Crippen LogP contribution >= 0.6 is 11.3 Å². The molecule has 0 bridgehead atoms. The molecule has 0 radical (unpaired) electrons. The molecule has 0 aliphatic heterocycles. The van der Waals surface area contributed by atoms with Gasteiger partial charge in [0.25, 0.3) is 5.91 Å². The Bertz CT molecular complexity index is 379. The molecule has 6 heteroatoms. The lowest BCUT2D eigenvalue weighted by molar-refractivity contribution is -0.120. The normalized spacial score (nSPS) is 11.9. The van der Waals surface area contributed by atoms with Crippen molar-refractivity contribution >= 4 is 23.2 Å². The molecule has 3 N–H and O–H groups in total. The molecule has 1 atom stereocenters. The summed E-state index contributed by atoms with van der Waals surface area (Å²) in [4.78, 5) is 23.1. The molecule has 0 aliphatic rings. The fraction of sp³-hybridized carbons (Fsp3) is 0.500. The Kier molecular flexibility index (Phi) is 6.38. The maximum Gasteiger partial charge on any atom is 0.252 e. The first kappa shape index (κ1) is 14.7. The second kappa shape index (κ2) is 7.84.